The summed E-state index contributed by atoms with van der Waals surface area (Å²) < 4.78 is 16.4. The lowest BCUT2D eigenvalue weighted by Crippen LogP contribution is -3.16. The van der Waals surface area contributed by atoms with Crippen molar-refractivity contribution in [3.63, 3.8) is 0 Å². The fraction of sp³-hybridized carbons (Fsp3) is 0.562. The maximum Gasteiger partial charge on any atom is 0.351 e. The molecule has 2 rings (SSSR count). The highest BCUT2D eigenvalue weighted by Gasteiger charge is 2.29. The molecular weight excluding hydrogens is 270 g/mol. The molecule has 1 heterocycles. The Hall–Kier alpha value is -1.75. The largest absolute Gasteiger partial charge is 0.485 e. The topological polar surface area (TPSA) is 49.2 Å². The monoisotopic (exact) mass is 294 g/mol. The van der Waals surface area contributed by atoms with E-state index in [2.05, 4.69) is 27.8 Å². The summed E-state index contributed by atoms with van der Waals surface area (Å²) in [7, 11) is 2.09. The van der Waals surface area contributed by atoms with Crippen molar-refractivity contribution in [3.8, 4) is 11.5 Å². The molecule has 1 aliphatic rings. The molecule has 0 aromatic heterocycles. The molecule has 21 heavy (non-hydrogen) atoms. The maximum absolute atomic E-state index is 12.0. The zero-order valence-electron chi connectivity index (χ0n) is 13.1. The number of carbonyl (C=O) groups is 1. The molecule has 1 aromatic rings. The van der Waals surface area contributed by atoms with Crippen LogP contribution < -0.4 is 14.4 Å². The zero-order valence-corrected chi connectivity index (χ0v) is 13.1. The SMILES string of the molecule is C[NH+](CCOC(=O)[C@H]1COc2ccccc2O1)C(C)(C)C. The number of para-hydroxylation sites is 2. The molecule has 2 atom stereocenters. The standard InChI is InChI=1S/C16H23NO4/c1-16(2,3)17(4)9-10-19-15(18)14-11-20-12-7-5-6-8-13(12)21-14/h5-8,14H,9-11H2,1-4H3/p+1/t14-/m1/s1. The van der Waals surface area contributed by atoms with Crippen molar-refractivity contribution in [1.29, 1.82) is 0 Å². The molecule has 0 bridgehead atoms. The number of rotatable bonds is 4. The summed E-state index contributed by atoms with van der Waals surface area (Å²) in [5.74, 6) is 0.882. The van der Waals surface area contributed by atoms with Gasteiger partial charge in [-0.2, -0.15) is 0 Å². The second-order valence-electron chi connectivity index (χ2n) is 6.31. The Morgan fingerprint density at radius 1 is 1.33 bits per heavy atom. The highest BCUT2D eigenvalue weighted by Crippen LogP contribution is 2.30. The van der Waals surface area contributed by atoms with Crippen LogP contribution in [0.4, 0.5) is 0 Å². The molecule has 0 spiro atoms. The number of nitrogens with one attached hydrogen (secondary N) is 1. The van der Waals surface area contributed by atoms with E-state index in [0.717, 1.165) is 6.54 Å². The van der Waals surface area contributed by atoms with Crippen molar-refractivity contribution >= 4 is 5.97 Å². The lowest BCUT2D eigenvalue weighted by Gasteiger charge is -2.29. The summed E-state index contributed by atoms with van der Waals surface area (Å²) in [4.78, 5) is 13.3. The van der Waals surface area contributed by atoms with Crippen LogP contribution in [-0.4, -0.2) is 44.4 Å². The van der Waals surface area contributed by atoms with Gasteiger partial charge in [0.2, 0.25) is 6.10 Å². The van der Waals surface area contributed by atoms with E-state index in [-0.39, 0.29) is 18.1 Å². The van der Waals surface area contributed by atoms with Crippen LogP contribution in [0.2, 0.25) is 0 Å². The average Bonchev–Trinajstić information content (AvgIpc) is 2.45. The van der Waals surface area contributed by atoms with E-state index in [4.69, 9.17) is 14.2 Å². The number of quaternary nitrogens is 1. The van der Waals surface area contributed by atoms with E-state index in [9.17, 15) is 4.79 Å². The van der Waals surface area contributed by atoms with Crippen LogP contribution in [-0.2, 0) is 9.53 Å². The number of carbonyl (C=O) groups excluding carboxylic acids is 1. The van der Waals surface area contributed by atoms with Gasteiger partial charge in [0.15, 0.2) is 11.5 Å². The quantitative estimate of drug-likeness (QED) is 0.830. The first-order valence-electron chi connectivity index (χ1n) is 7.26. The van der Waals surface area contributed by atoms with E-state index >= 15 is 0 Å². The van der Waals surface area contributed by atoms with E-state index in [1.54, 1.807) is 6.07 Å². The number of hydrogen-bond acceptors (Lipinski definition) is 4. The molecule has 1 aliphatic heterocycles. The van der Waals surface area contributed by atoms with Crippen molar-refractivity contribution in [2.45, 2.75) is 32.4 Å². The minimum atomic E-state index is -0.685. The van der Waals surface area contributed by atoms with Gasteiger partial charge in [-0.05, 0) is 32.9 Å². The highest BCUT2D eigenvalue weighted by molar-refractivity contribution is 5.75. The molecule has 0 fully saturated rings. The lowest BCUT2D eigenvalue weighted by atomic mass is 10.1. The van der Waals surface area contributed by atoms with Gasteiger partial charge in [0.1, 0.15) is 19.8 Å². The Morgan fingerprint density at radius 3 is 2.67 bits per heavy atom. The van der Waals surface area contributed by atoms with Gasteiger partial charge in [-0.15, -0.1) is 0 Å². The van der Waals surface area contributed by atoms with Gasteiger partial charge >= 0.3 is 5.97 Å². The predicted octanol–water partition coefficient (Wildman–Crippen LogP) is 0.683. The Balaban J connectivity index is 1.80. The summed E-state index contributed by atoms with van der Waals surface area (Å²) in [6.45, 7) is 7.79. The second-order valence-corrected chi connectivity index (χ2v) is 6.31. The van der Waals surface area contributed by atoms with E-state index in [1.165, 1.54) is 4.90 Å². The second kappa shape index (κ2) is 6.35. The van der Waals surface area contributed by atoms with E-state index in [0.29, 0.717) is 18.1 Å². The molecule has 0 aliphatic carbocycles. The Morgan fingerprint density at radius 2 is 2.00 bits per heavy atom. The fourth-order valence-electron chi connectivity index (χ4n) is 1.91. The van der Waals surface area contributed by atoms with Crippen LogP contribution in [0.25, 0.3) is 0 Å². The van der Waals surface area contributed by atoms with Crippen LogP contribution in [0.15, 0.2) is 24.3 Å². The van der Waals surface area contributed by atoms with Crippen LogP contribution in [0.1, 0.15) is 20.8 Å². The van der Waals surface area contributed by atoms with Crippen molar-refractivity contribution in [1.82, 2.24) is 0 Å². The Bertz CT molecular complexity index is 495. The van der Waals surface area contributed by atoms with Gasteiger partial charge in [-0.3, -0.25) is 0 Å². The number of likely N-dealkylation sites (N-methyl/N-ethyl adjacent to an activating group) is 1. The molecule has 1 aromatic carbocycles. The lowest BCUT2D eigenvalue weighted by molar-refractivity contribution is -0.927. The van der Waals surface area contributed by atoms with Crippen molar-refractivity contribution in [3.05, 3.63) is 24.3 Å². The summed E-state index contributed by atoms with van der Waals surface area (Å²) >= 11 is 0. The number of fused-ring (bicyclic) bond motifs is 1. The molecule has 0 saturated heterocycles. The summed E-state index contributed by atoms with van der Waals surface area (Å²) in [5, 5.41) is 0. The van der Waals surface area contributed by atoms with Crippen molar-refractivity contribution in [2.75, 3.05) is 26.8 Å². The molecule has 0 saturated carbocycles. The molecule has 5 heteroatoms. The first-order valence-corrected chi connectivity index (χ1v) is 7.26. The third kappa shape index (κ3) is 4.11. The van der Waals surface area contributed by atoms with Gasteiger partial charge in [0.05, 0.1) is 12.6 Å². The molecule has 5 nitrogen and oxygen atoms in total. The van der Waals surface area contributed by atoms with Gasteiger partial charge in [-0.1, -0.05) is 12.1 Å². The first kappa shape index (κ1) is 15.6. The van der Waals surface area contributed by atoms with E-state index in [1.807, 2.05) is 18.2 Å². The number of ether oxygens (including phenoxy) is 3. The van der Waals surface area contributed by atoms with Crippen molar-refractivity contribution < 1.29 is 23.9 Å². The zero-order chi connectivity index (χ0) is 15.5. The number of hydrogen-bond donors (Lipinski definition) is 1. The van der Waals surface area contributed by atoms with Gasteiger partial charge < -0.3 is 19.1 Å². The van der Waals surface area contributed by atoms with Crippen LogP contribution in [0.3, 0.4) is 0 Å². The Kier molecular flexibility index (Phi) is 4.73. The van der Waals surface area contributed by atoms with Crippen LogP contribution in [0.5, 0.6) is 11.5 Å². The van der Waals surface area contributed by atoms with Crippen LogP contribution >= 0.6 is 0 Å². The smallest absolute Gasteiger partial charge is 0.351 e. The molecule has 0 radical (unpaired) electrons. The fourth-order valence-corrected chi connectivity index (χ4v) is 1.91. The minimum Gasteiger partial charge on any atom is -0.485 e. The van der Waals surface area contributed by atoms with Gasteiger partial charge in [-0.25, -0.2) is 4.79 Å². The molecule has 1 unspecified atom stereocenters. The van der Waals surface area contributed by atoms with Gasteiger partial charge in [0, 0.05) is 0 Å². The van der Waals surface area contributed by atoms with Crippen LogP contribution in [0, 0.1) is 0 Å². The molecular formula is C16H24NO4+. The van der Waals surface area contributed by atoms with Crippen molar-refractivity contribution in [2.24, 2.45) is 0 Å². The maximum atomic E-state index is 12.0. The highest BCUT2D eigenvalue weighted by atomic mass is 16.6. The number of benzene rings is 1. The minimum absolute atomic E-state index is 0.135. The molecule has 116 valence electrons. The average molecular weight is 294 g/mol. The third-order valence-corrected chi connectivity index (χ3v) is 3.77. The van der Waals surface area contributed by atoms with E-state index < -0.39 is 6.10 Å². The summed E-state index contributed by atoms with van der Waals surface area (Å²) in [5.41, 5.74) is 0.135. The summed E-state index contributed by atoms with van der Waals surface area (Å²) in [6, 6.07) is 7.31. The predicted molar refractivity (Wildman–Crippen MR) is 78.8 cm³/mol. The normalized spacial score (nSPS) is 19.0. The number of esters is 1. The Labute approximate surface area is 125 Å². The van der Waals surface area contributed by atoms with Gasteiger partial charge in [0.25, 0.3) is 0 Å². The third-order valence-electron chi connectivity index (χ3n) is 3.77. The summed E-state index contributed by atoms with van der Waals surface area (Å²) in [6.07, 6.45) is -0.685. The molecule has 1 N–H and O–H groups in total. The molecule has 0 amide bonds. The first-order chi connectivity index (χ1) is 9.88.